The molecule has 25 heavy (non-hydrogen) atoms. The predicted molar refractivity (Wildman–Crippen MR) is 91.0 cm³/mol. The summed E-state index contributed by atoms with van der Waals surface area (Å²) in [5, 5.41) is 2.70. The fraction of sp³-hybridized carbons (Fsp3) is 0.471. The van der Waals surface area contributed by atoms with Crippen molar-refractivity contribution >= 4 is 27.6 Å². The van der Waals surface area contributed by atoms with Crippen LogP contribution in [0.5, 0.6) is 0 Å². The average Bonchev–Trinajstić information content (AvgIpc) is 2.99. The van der Waals surface area contributed by atoms with Gasteiger partial charge in [0.15, 0.2) is 9.84 Å². The van der Waals surface area contributed by atoms with Crippen molar-refractivity contribution in [2.45, 2.75) is 32.2 Å². The van der Waals surface area contributed by atoms with Crippen LogP contribution < -0.4 is 5.32 Å². The summed E-state index contributed by atoms with van der Waals surface area (Å²) in [5.74, 6) is -0.828. The minimum Gasteiger partial charge on any atom is -0.352 e. The van der Waals surface area contributed by atoms with E-state index in [2.05, 4.69) is 5.32 Å². The van der Waals surface area contributed by atoms with Crippen LogP contribution in [0.15, 0.2) is 18.2 Å². The molecule has 1 atom stereocenters. The number of nitrogens with zero attached hydrogens (tertiary/aromatic N) is 1. The van der Waals surface area contributed by atoms with Crippen LogP contribution in [0.1, 0.15) is 45.5 Å². The van der Waals surface area contributed by atoms with Crippen LogP contribution in [0.2, 0.25) is 0 Å². The van der Waals surface area contributed by atoms with Gasteiger partial charge in [0, 0.05) is 19.0 Å². The summed E-state index contributed by atoms with van der Waals surface area (Å²) in [6.45, 7) is 2.02. The molecule has 0 saturated carbocycles. The SMILES string of the molecule is Cc1ccc2c(c1)C(=O)N(CCCC(=O)N[C@H]1CCS(=O)(=O)C1)C2=O. The molecule has 1 N–H and O–H groups in total. The van der Waals surface area contributed by atoms with E-state index in [1.54, 1.807) is 18.2 Å². The van der Waals surface area contributed by atoms with Crippen LogP contribution in [-0.2, 0) is 14.6 Å². The second kappa shape index (κ2) is 6.59. The Morgan fingerprint density at radius 2 is 1.96 bits per heavy atom. The average molecular weight is 364 g/mol. The third kappa shape index (κ3) is 3.73. The molecule has 1 fully saturated rings. The van der Waals surface area contributed by atoms with Crippen molar-refractivity contribution < 1.29 is 22.8 Å². The van der Waals surface area contributed by atoms with Gasteiger partial charge in [-0.2, -0.15) is 0 Å². The second-order valence-corrected chi connectivity index (χ2v) is 8.81. The molecule has 2 aliphatic rings. The Morgan fingerprint density at radius 1 is 1.24 bits per heavy atom. The molecule has 0 aliphatic carbocycles. The first-order chi connectivity index (χ1) is 11.8. The zero-order valence-electron chi connectivity index (χ0n) is 13.9. The maximum Gasteiger partial charge on any atom is 0.261 e. The van der Waals surface area contributed by atoms with Gasteiger partial charge in [-0.05, 0) is 31.9 Å². The molecule has 1 saturated heterocycles. The quantitative estimate of drug-likeness (QED) is 0.774. The number of carbonyl (C=O) groups is 3. The van der Waals surface area contributed by atoms with Gasteiger partial charge in [-0.15, -0.1) is 0 Å². The lowest BCUT2D eigenvalue weighted by molar-refractivity contribution is -0.121. The van der Waals surface area contributed by atoms with Crippen LogP contribution >= 0.6 is 0 Å². The summed E-state index contributed by atoms with van der Waals surface area (Å²) in [5.41, 5.74) is 1.72. The minimum atomic E-state index is -3.04. The number of benzene rings is 1. The normalized spacial score (nSPS) is 21.5. The molecule has 2 heterocycles. The first kappa shape index (κ1) is 17.6. The highest BCUT2D eigenvalue weighted by Gasteiger charge is 2.35. The maximum atomic E-state index is 12.3. The number of carbonyl (C=O) groups excluding carboxylic acids is 3. The molecule has 7 nitrogen and oxygen atoms in total. The Kier molecular flexibility index (Phi) is 4.64. The molecule has 8 heteroatoms. The van der Waals surface area contributed by atoms with Gasteiger partial charge in [0.1, 0.15) is 0 Å². The molecule has 0 spiro atoms. The predicted octanol–water partition coefficient (Wildman–Crippen LogP) is 0.675. The van der Waals surface area contributed by atoms with Gasteiger partial charge in [0.25, 0.3) is 11.8 Å². The highest BCUT2D eigenvalue weighted by Crippen LogP contribution is 2.24. The molecule has 0 radical (unpaired) electrons. The monoisotopic (exact) mass is 364 g/mol. The molecule has 134 valence electrons. The number of rotatable bonds is 5. The lowest BCUT2D eigenvalue weighted by Crippen LogP contribution is -2.36. The number of nitrogens with one attached hydrogen (secondary N) is 1. The molecule has 1 aromatic rings. The lowest BCUT2D eigenvalue weighted by Gasteiger charge is -2.14. The van der Waals surface area contributed by atoms with E-state index < -0.39 is 9.84 Å². The van der Waals surface area contributed by atoms with Crippen molar-refractivity contribution in [3.63, 3.8) is 0 Å². The van der Waals surface area contributed by atoms with Gasteiger partial charge in [-0.3, -0.25) is 19.3 Å². The van der Waals surface area contributed by atoms with Crippen LogP contribution in [-0.4, -0.2) is 55.1 Å². The van der Waals surface area contributed by atoms with E-state index in [-0.39, 0.29) is 48.2 Å². The Morgan fingerprint density at radius 3 is 2.64 bits per heavy atom. The van der Waals surface area contributed by atoms with Gasteiger partial charge in [0.2, 0.25) is 5.91 Å². The maximum absolute atomic E-state index is 12.3. The lowest BCUT2D eigenvalue weighted by atomic mass is 10.1. The fourth-order valence-corrected chi connectivity index (χ4v) is 4.89. The Bertz CT molecular complexity index is 847. The van der Waals surface area contributed by atoms with Crippen molar-refractivity contribution in [3.8, 4) is 0 Å². The van der Waals surface area contributed by atoms with Gasteiger partial charge in [-0.25, -0.2) is 8.42 Å². The Labute approximate surface area is 146 Å². The van der Waals surface area contributed by atoms with Crippen molar-refractivity contribution in [3.05, 3.63) is 34.9 Å². The highest BCUT2D eigenvalue weighted by molar-refractivity contribution is 7.91. The van der Waals surface area contributed by atoms with E-state index in [0.717, 1.165) is 10.5 Å². The van der Waals surface area contributed by atoms with Gasteiger partial charge >= 0.3 is 0 Å². The molecule has 0 bridgehead atoms. The van der Waals surface area contributed by atoms with Gasteiger partial charge in [-0.1, -0.05) is 11.6 Å². The number of imide groups is 1. The number of aryl methyl sites for hydroxylation is 1. The topological polar surface area (TPSA) is 101 Å². The van der Waals surface area contributed by atoms with Crippen molar-refractivity contribution in [1.29, 1.82) is 0 Å². The van der Waals surface area contributed by atoms with Crippen molar-refractivity contribution in [1.82, 2.24) is 10.2 Å². The summed E-state index contributed by atoms with van der Waals surface area (Å²) < 4.78 is 22.8. The van der Waals surface area contributed by atoms with Crippen molar-refractivity contribution in [2.24, 2.45) is 0 Å². The van der Waals surface area contributed by atoms with Crippen LogP contribution in [0.4, 0.5) is 0 Å². The number of amides is 3. The molecular weight excluding hydrogens is 344 g/mol. The zero-order valence-corrected chi connectivity index (χ0v) is 14.8. The van der Waals surface area contributed by atoms with Gasteiger partial charge in [0.05, 0.1) is 22.6 Å². The first-order valence-electron chi connectivity index (χ1n) is 8.23. The third-order valence-corrected chi connectivity index (χ3v) is 6.28. The molecular formula is C17H20N2O5S. The van der Waals surface area contributed by atoms with E-state index in [4.69, 9.17) is 0 Å². The van der Waals surface area contributed by atoms with E-state index in [0.29, 0.717) is 24.0 Å². The van der Waals surface area contributed by atoms with Crippen LogP contribution in [0.3, 0.4) is 0 Å². The number of fused-ring (bicyclic) bond motifs is 1. The summed E-state index contributed by atoms with van der Waals surface area (Å²) >= 11 is 0. The molecule has 3 rings (SSSR count). The zero-order chi connectivity index (χ0) is 18.2. The second-order valence-electron chi connectivity index (χ2n) is 6.58. The Balaban J connectivity index is 1.50. The number of hydrogen-bond acceptors (Lipinski definition) is 5. The van der Waals surface area contributed by atoms with Gasteiger partial charge < -0.3 is 5.32 Å². The molecule has 1 aromatic carbocycles. The number of sulfone groups is 1. The van der Waals surface area contributed by atoms with Crippen LogP contribution in [0, 0.1) is 6.92 Å². The van der Waals surface area contributed by atoms with E-state index in [9.17, 15) is 22.8 Å². The minimum absolute atomic E-state index is 0.0174. The molecule has 3 amide bonds. The molecule has 2 aliphatic heterocycles. The fourth-order valence-electron chi connectivity index (χ4n) is 3.21. The molecule has 0 unspecified atom stereocenters. The highest BCUT2D eigenvalue weighted by atomic mass is 32.2. The smallest absolute Gasteiger partial charge is 0.261 e. The standard InChI is InChI=1S/C17H20N2O5S/c1-11-4-5-13-14(9-11)17(22)19(16(13)21)7-2-3-15(20)18-12-6-8-25(23,24)10-12/h4-5,9,12H,2-3,6-8,10H2,1H3,(H,18,20)/t12-/m0/s1. The summed E-state index contributed by atoms with van der Waals surface area (Å²) in [6, 6.07) is 4.80. The van der Waals surface area contributed by atoms with E-state index in [1.807, 2.05) is 6.92 Å². The van der Waals surface area contributed by atoms with E-state index in [1.165, 1.54) is 0 Å². The molecule has 0 aromatic heterocycles. The largest absolute Gasteiger partial charge is 0.352 e. The number of hydrogen-bond donors (Lipinski definition) is 1. The first-order valence-corrected chi connectivity index (χ1v) is 10.1. The van der Waals surface area contributed by atoms with Crippen LogP contribution in [0.25, 0.3) is 0 Å². The van der Waals surface area contributed by atoms with E-state index >= 15 is 0 Å². The van der Waals surface area contributed by atoms with Crippen molar-refractivity contribution in [2.75, 3.05) is 18.1 Å². The Hall–Kier alpha value is -2.22. The summed E-state index contributed by atoms with van der Waals surface area (Å²) in [4.78, 5) is 37.7. The summed E-state index contributed by atoms with van der Waals surface area (Å²) in [6.07, 6.45) is 0.921. The summed E-state index contributed by atoms with van der Waals surface area (Å²) in [7, 11) is -3.04. The third-order valence-electron chi connectivity index (χ3n) is 4.51.